The summed E-state index contributed by atoms with van der Waals surface area (Å²) in [6.45, 7) is 2.25. The van der Waals surface area contributed by atoms with Crippen LogP contribution < -0.4 is 9.47 Å². The van der Waals surface area contributed by atoms with Gasteiger partial charge in [0.2, 0.25) is 0 Å². The van der Waals surface area contributed by atoms with Crippen molar-refractivity contribution in [3.63, 3.8) is 0 Å². The third-order valence-corrected chi connectivity index (χ3v) is 6.82. The van der Waals surface area contributed by atoms with Gasteiger partial charge in [-0.1, -0.05) is 6.07 Å². The zero-order valence-electron chi connectivity index (χ0n) is 15.2. The normalized spacial score (nSPS) is 36.7. The quantitative estimate of drug-likeness (QED) is 0.810. The second-order valence-corrected chi connectivity index (χ2v) is 7.88. The Morgan fingerprint density at radius 2 is 2.23 bits per heavy atom. The minimum atomic E-state index is -0.959. The molecule has 1 aromatic carbocycles. The molecule has 138 valence electrons. The first-order valence-electron chi connectivity index (χ1n) is 9.10. The number of benzene rings is 1. The molecule has 1 aromatic rings. The summed E-state index contributed by atoms with van der Waals surface area (Å²) in [7, 11) is 3.69. The van der Waals surface area contributed by atoms with E-state index < -0.39 is 17.1 Å². The van der Waals surface area contributed by atoms with Gasteiger partial charge in [0.25, 0.3) is 0 Å². The van der Waals surface area contributed by atoms with E-state index in [1.54, 1.807) is 7.11 Å². The number of nitrogens with zero attached hydrogens (tertiary/aromatic N) is 1. The molecule has 5 rings (SSSR count). The lowest BCUT2D eigenvalue weighted by molar-refractivity contribution is -0.168. The first kappa shape index (κ1) is 16.1. The van der Waals surface area contributed by atoms with Gasteiger partial charge in [-0.2, -0.15) is 0 Å². The van der Waals surface area contributed by atoms with Gasteiger partial charge in [0, 0.05) is 24.9 Å². The van der Waals surface area contributed by atoms with Crippen LogP contribution in [0.2, 0.25) is 0 Å². The first-order valence-corrected chi connectivity index (χ1v) is 9.10. The highest BCUT2D eigenvalue weighted by atomic mass is 16.6. The molecule has 2 heterocycles. The van der Waals surface area contributed by atoms with Crippen molar-refractivity contribution < 1.29 is 24.1 Å². The Kier molecular flexibility index (Phi) is 3.12. The molecule has 0 amide bonds. The van der Waals surface area contributed by atoms with Crippen molar-refractivity contribution >= 4 is 5.97 Å². The van der Waals surface area contributed by atoms with E-state index in [0.717, 1.165) is 24.9 Å². The number of piperidine rings is 1. The fourth-order valence-corrected chi connectivity index (χ4v) is 5.75. The average Bonchev–Trinajstić information content (AvgIpc) is 2.95. The Morgan fingerprint density at radius 3 is 2.96 bits per heavy atom. The van der Waals surface area contributed by atoms with Crippen molar-refractivity contribution in [2.75, 3.05) is 20.7 Å². The number of aliphatic hydroxyl groups is 1. The van der Waals surface area contributed by atoms with Crippen LogP contribution in [0, 0.1) is 0 Å². The summed E-state index contributed by atoms with van der Waals surface area (Å²) in [5.74, 6) is 1.49. The predicted octanol–water partition coefficient (Wildman–Crippen LogP) is 1.54. The number of carbonyl (C=O) groups excluding carboxylic acids is 1. The van der Waals surface area contributed by atoms with Crippen LogP contribution in [0.3, 0.4) is 0 Å². The molecule has 0 saturated carbocycles. The summed E-state index contributed by atoms with van der Waals surface area (Å²) in [5.41, 5.74) is 0.667. The van der Waals surface area contributed by atoms with Crippen LogP contribution >= 0.6 is 0 Å². The van der Waals surface area contributed by atoms with Gasteiger partial charge < -0.3 is 24.2 Å². The van der Waals surface area contributed by atoms with Crippen LogP contribution in [0.5, 0.6) is 11.5 Å². The molecule has 6 heteroatoms. The smallest absolute Gasteiger partial charge is 0.307 e. The lowest BCUT2D eigenvalue weighted by Crippen LogP contribution is -2.74. The number of likely N-dealkylation sites (N-methyl/N-ethyl adjacent to an activating group) is 1. The maximum atomic E-state index is 12.0. The molecule has 0 aromatic heterocycles. The Morgan fingerprint density at radius 1 is 1.42 bits per heavy atom. The SMILES string of the molecule is COc1ccc2c3c1O[C@H]1C(OC(C)=O)=CC[C@@]4(O)[C@H](C2)N(C)CC[C@]314. The van der Waals surface area contributed by atoms with Crippen LogP contribution in [0.25, 0.3) is 0 Å². The van der Waals surface area contributed by atoms with Gasteiger partial charge in [0.1, 0.15) is 5.76 Å². The Bertz CT molecular complexity index is 849. The van der Waals surface area contributed by atoms with Crippen molar-refractivity contribution in [2.45, 2.75) is 49.3 Å². The van der Waals surface area contributed by atoms with E-state index in [4.69, 9.17) is 14.2 Å². The minimum Gasteiger partial charge on any atom is -0.493 e. The highest BCUT2D eigenvalue weighted by Crippen LogP contribution is 2.65. The zero-order valence-corrected chi connectivity index (χ0v) is 15.2. The van der Waals surface area contributed by atoms with E-state index >= 15 is 0 Å². The van der Waals surface area contributed by atoms with Gasteiger partial charge in [-0.15, -0.1) is 0 Å². The number of esters is 1. The maximum Gasteiger partial charge on any atom is 0.307 e. The Labute approximate surface area is 152 Å². The first-order chi connectivity index (χ1) is 12.4. The molecular formula is C20H23NO5. The number of likely N-dealkylation sites (tertiary alicyclic amines) is 1. The van der Waals surface area contributed by atoms with Crippen LogP contribution in [0.15, 0.2) is 24.0 Å². The molecule has 0 radical (unpaired) electrons. The standard InChI is InChI=1S/C20H23NO5/c1-11(22)25-14-6-7-20(23)15-10-12-4-5-13(24-3)17-16(12)19(20,18(14)26-17)8-9-21(15)2/h4-6,15,18,23H,7-10H2,1-3H3/t15-,18-,19-,20+/m0/s1. The number of methoxy groups -OCH3 is 1. The lowest BCUT2D eigenvalue weighted by atomic mass is 9.50. The Balaban J connectivity index is 1.79. The summed E-state index contributed by atoms with van der Waals surface area (Å²) in [5, 5.41) is 12.0. The number of hydrogen-bond acceptors (Lipinski definition) is 6. The topological polar surface area (TPSA) is 68.2 Å². The van der Waals surface area contributed by atoms with E-state index in [2.05, 4.69) is 18.0 Å². The maximum absolute atomic E-state index is 12.0. The fraction of sp³-hybridized carbons (Fsp3) is 0.550. The van der Waals surface area contributed by atoms with E-state index in [-0.39, 0.29) is 12.0 Å². The van der Waals surface area contributed by atoms with Crippen LogP contribution in [0.1, 0.15) is 30.9 Å². The molecule has 26 heavy (non-hydrogen) atoms. The second-order valence-electron chi connectivity index (χ2n) is 7.88. The van der Waals surface area contributed by atoms with E-state index in [0.29, 0.717) is 23.7 Å². The van der Waals surface area contributed by atoms with Crippen LogP contribution in [-0.4, -0.2) is 54.4 Å². The summed E-state index contributed by atoms with van der Waals surface area (Å²) >= 11 is 0. The van der Waals surface area contributed by atoms with E-state index in [1.165, 1.54) is 12.5 Å². The largest absolute Gasteiger partial charge is 0.493 e. The van der Waals surface area contributed by atoms with Crippen LogP contribution in [-0.2, 0) is 21.4 Å². The van der Waals surface area contributed by atoms with Crippen molar-refractivity contribution in [3.8, 4) is 11.5 Å². The minimum absolute atomic E-state index is 0.00400. The third kappa shape index (κ3) is 1.67. The molecule has 1 saturated heterocycles. The number of carbonyl (C=O) groups is 1. The fourth-order valence-electron chi connectivity index (χ4n) is 5.75. The van der Waals surface area contributed by atoms with Crippen molar-refractivity contribution in [1.29, 1.82) is 0 Å². The lowest BCUT2D eigenvalue weighted by Gasteiger charge is -2.61. The summed E-state index contributed by atoms with van der Waals surface area (Å²) in [6, 6.07) is 4.02. The summed E-state index contributed by atoms with van der Waals surface area (Å²) < 4.78 is 17.4. The molecule has 1 spiro atoms. The number of rotatable bonds is 2. The molecule has 0 unspecified atom stereocenters. The molecular weight excluding hydrogens is 334 g/mol. The van der Waals surface area contributed by atoms with Crippen molar-refractivity contribution in [3.05, 3.63) is 35.1 Å². The van der Waals surface area contributed by atoms with Crippen molar-refractivity contribution in [2.24, 2.45) is 0 Å². The molecule has 1 fully saturated rings. The van der Waals surface area contributed by atoms with E-state index in [9.17, 15) is 9.90 Å². The summed E-state index contributed by atoms with van der Waals surface area (Å²) in [4.78, 5) is 13.9. The molecule has 1 N–H and O–H groups in total. The van der Waals surface area contributed by atoms with Gasteiger partial charge >= 0.3 is 5.97 Å². The predicted molar refractivity (Wildman–Crippen MR) is 93.2 cm³/mol. The van der Waals surface area contributed by atoms with Gasteiger partial charge in [-0.25, -0.2) is 0 Å². The molecule has 2 aliphatic carbocycles. The summed E-state index contributed by atoms with van der Waals surface area (Å²) in [6.07, 6.45) is 3.29. The molecule has 2 aliphatic heterocycles. The second kappa shape index (κ2) is 5.02. The third-order valence-electron chi connectivity index (χ3n) is 6.82. The van der Waals surface area contributed by atoms with E-state index in [1.807, 2.05) is 12.1 Å². The number of hydrogen-bond donors (Lipinski definition) is 1. The van der Waals surface area contributed by atoms with Gasteiger partial charge in [-0.3, -0.25) is 4.79 Å². The Hall–Kier alpha value is -2.05. The average molecular weight is 357 g/mol. The zero-order chi connectivity index (χ0) is 18.3. The monoisotopic (exact) mass is 357 g/mol. The van der Waals surface area contributed by atoms with Crippen molar-refractivity contribution in [1.82, 2.24) is 4.90 Å². The van der Waals surface area contributed by atoms with Crippen LogP contribution in [0.4, 0.5) is 0 Å². The number of ether oxygens (including phenoxy) is 3. The van der Waals surface area contributed by atoms with Gasteiger partial charge in [-0.05, 0) is 44.1 Å². The molecule has 4 aliphatic rings. The van der Waals surface area contributed by atoms with Gasteiger partial charge in [0.05, 0.1) is 18.1 Å². The molecule has 2 bridgehead atoms. The highest BCUT2D eigenvalue weighted by molar-refractivity contribution is 5.69. The molecule has 4 atom stereocenters. The molecule has 6 nitrogen and oxygen atoms in total. The highest BCUT2D eigenvalue weighted by Gasteiger charge is 2.72. The van der Waals surface area contributed by atoms with Gasteiger partial charge in [0.15, 0.2) is 17.6 Å².